The first kappa shape index (κ1) is 19.1. The van der Waals surface area contributed by atoms with Crippen LogP contribution < -0.4 is 10.6 Å². The van der Waals surface area contributed by atoms with Gasteiger partial charge in [0, 0.05) is 17.4 Å². The Morgan fingerprint density at radius 1 is 1.00 bits per heavy atom. The lowest BCUT2D eigenvalue weighted by Crippen LogP contribution is -2.15. The number of carbonyl (C=O) groups is 1. The van der Waals surface area contributed by atoms with Crippen LogP contribution in [0.3, 0.4) is 0 Å². The minimum Gasteiger partial charge on any atom is -0.340 e. The van der Waals surface area contributed by atoms with E-state index in [1.54, 1.807) is 42.6 Å². The molecular formula is C23H22N4O. The van der Waals surface area contributed by atoms with E-state index < -0.39 is 0 Å². The largest absolute Gasteiger partial charge is 0.340 e. The second-order valence-corrected chi connectivity index (χ2v) is 7.46. The zero-order valence-electron chi connectivity index (χ0n) is 16.2. The highest BCUT2D eigenvalue weighted by Crippen LogP contribution is 2.31. The Labute approximate surface area is 165 Å². The van der Waals surface area contributed by atoms with Crippen molar-refractivity contribution >= 4 is 23.1 Å². The van der Waals surface area contributed by atoms with Gasteiger partial charge in [-0.25, -0.2) is 4.98 Å². The number of amides is 1. The van der Waals surface area contributed by atoms with E-state index >= 15 is 0 Å². The van der Waals surface area contributed by atoms with Gasteiger partial charge in [-0.2, -0.15) is 5.26 Å². The number of nitriles is 1. The zero-order valence-corrected chi connectivity index (χ0v) is 16.2. The molecule has 1 amide bonds. The molecule has 0 fully saturated rings. The summed E-state index contributed by atoms with van der Waals surface area (Å²) in [6.45, 7) is 6.45. The molecule has 3 rings (SSSR count). The molecule has 0 aliphatic rings. The highest BCUT2D eigenvalue weighted by atomic mass is 16.1. The molecule has 1 heterocycles. The van der Waals surface area contributed by atoms with Crippen LogP contribution in [-0.2, 0) is 5.41 Å². The van der Waals surface area contributed by atoms with Crippen molar-refractivity contribution in [1.29, 1.82) is 5.26 Å². The summed E-state index contributed by atoms with van der Waals surface area (Å²) in [5.41, 5.74) is 3.45. The summed E-state index contributed by atoms with van der Waals surface area (Å²) in [7, 11) is 0. The van der Waals surface area contributed by atoms with Crippen LogP contribution in [0, 0.1) is 11.3 Å². The summed E-state index contributed by atoms with van der Waals surface area (Å²) < 4.78 is 0. The van der Waals surface area contributed by atoms with Crippen LogP contribution >= 0.6 is 0 Å². The van der Waals surface area contributed by atoms with Crippen LogP contribution in [0.4, 0.5) is 17.2 Å². The SMILES string of the molecule is CC(C)(C)c1ccccc1Nc1cc(C(=O)Nc2ccccc2C#N)ccn1. The molecule has 0 radical (unpaired) electrons. The van der Waals surface area contributed by atoms with Crippen LogP contribution in [-0.4, -0.2) is 10.9 Å². The van der Waals surface area contributed by atoms with Crippen molar-refractivity contribution in [2.75, 3.05) is 10.6 Å². The predicted molar refractivity (Wildman–Crippen MR) is 112 cm³/mol. The minimum atomic E-state index is -0.294. The van der Waals surface area contributed by atoms with Gasteiger partial charge in [0.1, 0.15) is 11.9 Å². The number of hydrogen-bond acceptors (Lipinski definition) is 4. The number of pyridine rings is 1. The topological polar surface area (TPSA) is 77.8 Å². The smallest absolute Gasteiger partial charge is 0.255 e. The summed E-state index contributed by atoms with van der Waals surface area (Å²) in [5, 5.41) is 15.3. The average molecular weight is 370 g/mol. The Morgan fingerprint density at radius 2 is 1.68 bits per heavy atom. The number of para-hydroxylation sites is 2. The maximum atomic E-state index is 12.6. The van der Waals surface area contributed by atoms with Crippen LogP contribution in [0.1, 0.15) is 42.3 Å². The molecule has 0 bridgehead atoms. The Kier molecular flexibility index (Phi) is 5.42. The van der Waals surface area contributed by atoms with Crippen LogP contribution in [0.25, 0.3) is 0 Å². The monoisotopic (exact) mass is 370 g/mol. The molecule has 0 saturated heterocycles. The predicted octanol–water partition coefficient (Wildman–Crippen LogP) is 5.25. The number of rotatable bonds is 4. The molecule has 2 aromatic carbocycles. The van der Waals surface area contributed by atoms with E-state index in [1.165, 1.54) is 0 Å². The molecule has 5 nitrogen and oxygen atoms in total. The molecule has 0 spiro atoms. The van der Waals surface area contributed by atoms with Crippen LogP contribution in [0.5, 0.6) is 0 Å². The quantitative estimate of drug-likeness (QED) is 0.658. The lowest BCUT2D eigenvalue weighted by Gasteiger charge is -2.23. The molecule has 0 aliphatic heterocycles. The summed E-state index contributed by atoms with van der Waals surface area (Å²) >= 11 is 0. The Balaban J connectivity index is 1.84. The minimum absolute atomic E-state index is 0.0282. The fourth-order valence-corrected chi connectivity index (χ4v) is 2.91. The van der Waals surface area contributed by atoms with Gasteiger partial charge in [-0.15, -0.1) is 0 Å². The van der Waals surface area contributed by atoms with Crippen molar-refractivity contribution in [2.24, 2.45) is 0 Å². The van der Waals surface area contributed by atoms with E-state index in [2.05, 4.69) is 48.5 Å². The van der Waals surface area contributed by atoms with Crippen molar-refractivity contribution in [3.63, 3.8) is 0 Å². The molecule has 0 unspecified atom stereocenters. The third-order valence-corrected chi connectivity index (χ3v) is 4.32. The first-order chi connectivity index (χ1) is 13.4. The number of carbonyl (C=O) groups excluding carboxylic acids is 1. The number of benzene rings is 2. The van der Waals surface area contributed by atoms with Gasteiger partial charge in [-0.05, 0) is 41.3 Å². The van der Waals surface area contributed by atoms with E-state index in [1.807, 2.05) is 18.2 Å². The number of nitrogens with one attached hydrogen (secondary N) is 2. The highest BCUT2D eigenvalue weighted by Gasteiger charge is 2.18. The fraction of sp³-hybridized carbons (Fsp3) is 0.174. The number of aromatic nitrogens is 1. The molecule has 3 aromatic rings. The number of nitrogens with zero attached hydrogens (tertiary/aromatic N) is 2. The fourth-order valence-electron chi connectivity index (χ4n) is 2.91. The van der Waals surface area contributed by atoms with Crippen molar-refractivity contribution in [3.8, 4) is 6.07 Å². The van der Waals surface area contributed by atoms with Gasteiger partial charge in [-0.3, -0.25) is 4.79 Å². The van der Waals surface area contributed by atoms with E-state index in [4.69, 9.17) is 0 Å². The highest BCUT2D eigenvalue weighted by molar-refractivity contribution is 6.05. The lowest BCUT2D eigenvalue weighted by atomic mass is 9.86. The third kappa shape index (κ3) is 4.36. The van der Waals surface area contributed by atoms with Crippen molar-refractivity contribution in [3.05, 3.63) is 83.6 Å². The second kappa shape index (κ2) is 7.93. The molecule has 5 heteroatoms. The number of hydrogen-bond donors (Lipinski definition) is 2. The van der Waals surface area contributed by atoms with Gasteiger partial charge in [0.15, 0.2) is 0 Å². The zero-order chi connectivity index (χ0) is 20.1. The van der Waals surface area contributed by atoms with Gasteiger partial charge in [0.2, 0.25) is 0 Å². The van der Waals surface area contributed by atoms with E-state index in [0.29, 0.717) is 22.6 Å². The molecule has 28 heavy (non-hydrogen) atoms. The van der Waals surface area contributed by atoms with Gasteiger partial charge < -0.3 is 10.6 Å². The maximum Gasteiger partial charge on any atom is 0.255 e. The molecule has 2 N–H and O–H groups in total. The van der Waals surface area contributed by atoms with Gasteiger partial charge in [0.25, 0.3) is 5.91 Å². The van der Waals surface area contributed by atoms with E-state index in [0.717, 1.165) is 11.3 Å². The second-order valence-electron chi connectivity index (χ2n) is 7.46. The van der Waals surface area contributed by atoms with E-state index in [-0.39, 0.29) is 11.3 Å². The Morgan fingerprint density at radius 3 is 2.39 bits per heavy atom. The van der Waals surface area contributed by atoms with Crippen molar-refractivity contribution in [2.45, 2.75) is 26.2 Å². The average Bonchev–Trinajstić information content (AvgIpc) is 2.68. The molecule has 1 aromatic heterocycles. The molecule has 0 atom stereocenters. The molecule has 0 aliphatic carbocycles. The summed E-state index contributed by atoms with van der Waals surface area (Å²) in [6, 6.07) is 20.4. The summed E-state index contributed by atoms with van der Waals surface area (Å²) in [6.07, 6.45) is 1.59. The summed E-state index contributed by atoms with van der Waals surface area (Å²) in [5.74, 6) is 0.287. The third-order valence-electron chi connectivity index (χ3n) is 4.32. The van der Waals surface area contributed by atoms with Crippen molar-refractivity contribution in [1.82, 2.24) is 4.98 Å². The van der Waals surface area contributed by atoms with Gasteiger partial charge in [0.05, 0.1) is 11.3 Å². The molecule has 140 valence electrons. The van der Waals surface area contributed by atoms with Crippen LogP contribution in [0.2, 0.25) is 0 Å². The van der Waals surface area contributed by atoms with E-state index in [9.17, 15) is 10.1 Å². The van der Waals surface area contributed by atoms with Crippen molar-refractivity contribution < 1.29 is 4.79 Å². The molecular weight excluding hydrogens is 348 g/mol. The lowest BCUT2D eigenvalue weighted by molar-refractivity contribution is 0.102. The molecule has 0 saturated carbocycles. The summed E-state index contributed by atoms with van der Waals surface area (Å²) in [4.78, 5) is 17.0. The van der Waals surface area contributed by atoms with Gasteiger partial charge >= 0.3 is 0 Å². The Hall–Kier alpha value is -3.65. The van der Waals surface area contributed by atoms with Crippen LogP contribution in [0.15, 0.2) is 66.9 Å². The number of anilines is 3. The first-order valence-electron chi connectivity index (χ1n) is 9.01. The standard InChI is InChI=1S/C23H22N4O/c1-23(2,3)18-9-5-7-11-20(18)26-21-14-16(12-13-25-21)22(28)27-19-10-6-4-8-17(19)15-24/h4-14H,1-3H3,(H,25,26)(H,27,28). The van der Waals surface area contributed by atoms with Gasteiger partial charge in [-0.1, -0.05) is 51.1 Å². The normalized spacial score (nSPS) is 10.8. The Bertz CT molecular complexity index is 1040. The maximum absolute atomic E-state index is 12.6. The first-order valence-corrected chi connectivity index (χ1v) is 9.01.